The summed E-state index contributed by atoms with van der Waals surface area (Å²) in [5, 5.41) is 0.219. The minimum Gasteiger partial charge on any atom is -0.487 e. The molecule has 1 aliphatic rings. The second kappa shape index (κ2) is 5.79. The quantitative estimate of drug-likeness (QED) is 0.882. The Morgan fingerprint density at radius 2 is 2.14 bits per heavy atom. The largest absolute Gasteiger partial charge is 0.487 e. The van der Waals surface area contributed by atoms with Crippen LogP contribution in [0.5, 0.6) is 11.5 Å². The van der Waals surface area contributed by atoms with E-state index in [1.807, 2.05) is 6.07 Å². The van der Waals surface area contributed by atoms with Gasteiger partial charge < -0.3 is 19.9 Å². The first-order valence-electron chi connectivity index (χ1n) is 6.33. The maximum Gasteiger partial charge on any atom is 0.189 e. The van der Waals surface area contributed by atoms with Crippen molar-refractivity contribution in [1.29, 1.82) is 0 Å². The predicted molar refractivity (Wildman–Crippen MR) is 76.9 cm³/mol. The van der Waals surface area contributed by atoms with Crippen molar-refractivity contribution in [2.45, 2.75) is 13.2 Å². The average Bonchev–Trinajstić information content (AvgIpc) is 2.46. The van der Waals surface area contributed by atoms with Gasteiger partial charge in [0, 0.05) is 16.8 Å². The molecule has 0 radical (unpaired) electrons. The SMILES string of the molecule is Nc1cc2c(c(COc3ccc(F)cc3Cl)c1)OCOC2. The lowest BCUT2D eigenvalue weighted by atomic mass is 10.1. The van der Waals surface area contributed by atoms with Gasteiger partial charge in [0.15, 0.2) is 6.79 Å². The monoisotopic (exact) mass is 309 g/mol. The molecule has 0 saturated carbocycles. The highest BCUT2D eigenvalue weighted by atomic mass is 35.5. The van der Waals surface area contributed by atoms with Crippen molar-refractivity contribution in [2.24, 2.45) is 0 Å². The predicted octanol–water partition coefficient (Wildman–Crippen LogP) is 3.51. The molecule has 0 saturated heterocycles. The van der Waals surface area contributed by atoms with Gasteiger partial charge in [0.05, 0.1) is 11.6 Å². The summed E-state index contributed by atoms with van der Waals surface area (Å²) in [5.41, 5.74) is 8.14. The number of anilines is 1. The molecule has 2 aromatic carbocycles. The molecule has 1 heterocycles. The molecule has 1 aliphatic heterocycles. The highest BCUT2D eigenvalue weighted by Gasteiger charge is 2.17. The topological polar surface area (TPSA) is 53.7 Å². The van der Waals surface area contributed by atoms with Gasteiger partial charge in [-0.3, -0.25) is 0 Å². The van der Waals surface area contributed by atoms with Crippen LogP contribution in [0, 0.1) is 5.82 Å². The van der Waals surface area contributed by atoms with Gasteiger partial charge in [-0.25, -0.2) is 4.39 Å². The Morgan fingerprint density at radius 3 is 2.95 bits per heavy atom. The van der Waals surface area contributed by atoms with E-state index in [1.54, 1.807) is 6.07 Å². The number of benzene rings is 2. The number of halogens is 2. The number of nitrogen functional groups attached to an aromatic ring is 1. The van der Waals surface area contributed by atoms with Gasteiger partial charge in [0.25, 0.3) is 0 Å². The molecule has 110 valence electrons. The molecule has 0 amide bonds. The number of ether oxygens (including phenoxy) is 3. The number of hydrogen-bond donors (Lipinski definition) is 1. The number of rotatable bonds is 3. The molecule has 4 nitrogen and oxygen atoms in total. The van der Waals surface area contributed by atoms with Crippen molar-refractivity contribution < 1.29 is 18.6 Å². The zero-order chi connectivity index (χ0) is 14.8. The summed E-state index contributed by atoms with van der Waals surface area (Å²) in [6, 6.07) is 7.57. The zero-order valence-corrected chi connectivity index (χ0v) is 11.8. The molecule has 0 atom stereocenters. The van der Waals surface area contributed by atoms with E-state index in [1.165, 1.54) is 18.2 Å². The van der Waals surface area contributed by atoms with Crippen molar-refractivity contribution in [3.05, 3.63) is 52.3 Å². The first-order chi connectivity index (χ1) is 10.1. The molecule has 21 heavy (non-hydrogen) atoms. The number of fused-ring (bicyclic) bond motifs is 1. The Kier molecular flexibility index (Phi) is 3.86. The molecule has 0 bridgehead atoms. The maximum atomic E-state index is 13.0. The lowest BCUT2D eigenvalue weighted by molar-refractivity contribution is -0.0175. The molecular weight excluding hydrogens is 297 g/mol. The smallest absolute Gasteiger partial charge is 0.189 e. The van der Waals surface area contributed by atoms with Crippen molar-refractivity contribution in [2.75, 3.05) is 12.5 Å². The van der Waals surface area contributed by atoms with Crippen LogP contribution in [-0.4, -0.2) is 6.79 Å². The molecule has 2 N–H and O–H groups in total. The molecule has 3 rings (SSSR count). The lowest BCUT2D eigenvalue weighted by Gasteiger charge is -2.21. The second-order valence-corrected chi connectivity index (χ2v) is 5.05. The molecule has 6 heteroatoms. The van der Waals surface area contributed by atoms with Crippen LogP contribution in [0.2, 0.25) is 5.02 Å². The third kappa shape index (κ3) is 3.04. The molecule has 2 aromatic rings. The third-order valence-electron chi connectivity index (χ3n) is 3.09. The van der Waals surface area contributed by atoms with Crippen LogP contribution >= 0.6 is 11.6 Å². The molecular formula is C15H13ClFNO3. The van der Waals surface area contributed by atoms with E-state index in [9.17, 15) is 4.39 Å². The Morgan fingerprint density at radius 1 is 1.29 bits per heavy atom. The van der Waals surface area contributed by atoms with Crippen molar-refractivity contribution in [3.8, 4) is 11.5 Å². The lowest BCUT2D eigenvalue weighted by Crippen LogP contribution is -2.14. The van der Waals surface area contributed by atoms with E-state index in [0.717, 1.165) is 11.1 Å². The Labute approximate surface area is 126 Å². The van der Waals surface area contributed by atoms with Gasteiger partial charge in [-0.15, -0.1) is 0 Å². The van der Waals surface area contributed by atoms with Gasteiger partial charge >= 0.3 is 0 Å². The highest BCUT2D eigenvalue weighted by molar-refractivity contribution is 6.32. The van der Waals surface area contributed by atoms with Crippen molar-refractivity contribution in [3.63, 3.8) is 0 Å². The highest BCUT2D eigenvalue weighted by Crippen LogP contribution is 2.32. The van der Waals surface area contributed by atoms with Gasteiger partial charge in [-0.05, 0) is 30.3 Å². The minimum absolute atomic E-state index is 0.196. The summed E-state index contributed by atoms with van der Waals surface area (Å²) < 4.78 is 29.3. The summed E-state index contributed by atoms with van der Waals surface area (Å²) in [4.78, 5) is 0. The van der Waals surface area contributed by atoms with E-state index in [-0.39, 0.29) is 18.4 Å². The van der Waals surface area contributed by atoms with Crippen LogP contribution in [0.25, 0.3) is 0 Å². The van der Waals surface area contributed by atoms with E-state index < -0.39 is 5.82 Å². The standard InChI is InChI=1S/C15H13ClFNO3/c16-13-5-11(17)1-2-14(13)20-7-10-4-12(18)3-9-6-19-8-21-15(9)10/h1-5H,6-8,18H2. The Bertz CT molecular complexity index is 678. The Balaban J connectivity index is 1.83. The van der Waals surface area contributed by atoms with E-state index in [4.69, 9.17) is 31.5 Å². The van der Waals surface area contributed by atoms with Gasteiger partial charge in [0.2, 0.25) is 0 Å². The second-order valence-electron chi connectivity index (χ2n) is 4.64. The number of hydrogen-bond acceptors (Lipinski definition) is 4. The summed E-state index contributed by atoms with van der Waals surface area (Å²) in [6.07, 6.45) is 0. The van der Waals surface area contributed by atoms with E-state index >= 15 is 0 Å². The van der Waals surface area contributed by atoms with Gasteiger partial charge in [-0.1, -0.05) is 11.6 Å². The van der Waals surface area contributed by atoms with Crippen LogP contribution in [0.1, 0.15) is 11.1 Å². The normalized spacial score (nSPS) is 13.4. The maximum absolute atomic E-state index is 13.0. The van der Waals surface area contributed by atoms with E-state index in [0.29, 0.717) is 23.8 Å². The summed E-state index contributed by atoms with van der Waals surface area (Å²) >= 11 is 5.93. The number of nitrogens with two attached hydrogens (primary N) is 1. The minimum atomic E-state index is -0.408. The molecule has 0 spiro atoms. The fourth-order valence-electron chi connectivity index (χ4n) is 2.18. The first-order valence-corrected chi connectivity index (χ1v) is 6.71. The van der Waals surface area contributed by atoms with Crippen LogP contribution in [0.3, 0.4) is 0 Å². The molecule has 0 unspecified atom stereocenters. The van der Waals surface area contributed by atoms with E-state index in [2.05, 4.69) is 0 Å². The summed E-state index contributed by atoms with van der Waals surface area (Å²) in [7, 11) is 0. The van der Waals surface area contributed by atoms with Gasteiger partial charge in [-0.2, -0.15) is 0 Å². The van der Waals surface area contributed by atoms with Crippen molar-refractivity contribution in [1.82, 2.24) is 0 Å². The van der Waals surface area contributed by atoms with Crippen LogP contribution in [0.4, 0.5) is 10.1 Å². The van der Waals surface area contributed by atoms with Crippen LogP contribution in [0.15, 0.2) is 30.3 Å². The van der Waals surface area contributed by atoms with Gasteiger partial charge in [0.1, 0.15) is 23.9 Å². The van der Waals surface area contributed by atoms with Crippen LogP contribution in [-0.2, 0) is 18.0 Å². The molecule has 0 aromatic heterocycles. The molecule has 0 aliphatic carbocycles. The molecule has 0 fully saturated rings. The first kappa shape index (κ1) is 14.0. The zero-order valence-electron chi connectivity index (χ0n) is 11.1. The summed E-state index contributed by atoms with van der Waals surface area (Å²) in [6.45, 7) is 0.866. The van der Waals surface area contributed by atoms with Crippen molar-refractivity contribution >= 4 is 17.3 Å². The average molecular weight is 310 g/mol. The fraction of sp³-hybridized carbons (Fsp3) is 0.200. The summed E-state index contributed by atoms with van der Waals surface area (Å²) in [5.74, 6) is 0.712. The van der Waals surface area contributed by atoms with Crippen LogP contribution < -0.4 is 15.2 Å². The fourth-order valence-corrected chi connectivity index (χ4v) is 2.40. The Hall–Kier alpha value is -1.98. The third-order valence-corrected chi connectivity index (χ3v) is 3.38.